The maximum Gasteiger partial charge on any atom is 0.0769 e. The smallest absolute Gasteiger partial charge is 0.0769 e. The van der Waals surface area contributed by atoms with Crippen LogP contribution in [0.3, 0.4) is 0 Å². The Balaban J connectivity index is 1.91. The molecule has 3 nitrogen and oxygen atoms in total. The fourth-order valence-electron chi connectivity index (χ4n) is 0.713. The summed E-state index contributed by atoms with van der Waals surface area (Å²) in [5.74, 6) is 0. The van der Waals surface area contributed by atoms with Crippen LogP contribution in [0.1, 0.15) is 6.42 Å². The van der Waals surface area contributed by atoms with Crippen molar-refractivity contribution in [3.05, 3.63) is 12.4 Å². The van der Waals surface area contributed by atoms with Crippen LogP contribution in [-0.2, 0) is 4.74 Å². The van der Waals surface area contributed by atoms with Crippen LogP contribution in [0.4, 0.5) is 0 Å². The molecule has 0 spiro atoms. The lowest BCUT2D eigenvalue weighted by atomic mass is 10.2. The highest BCUT2D eigenvalue weighted by Crippen LogP contribution is 2.08. The van der Waals surface area contributed by atoms with Crippen LogP contribution in [0.2, 0.25) is 0 Å². The SMILES string of the molecule is N/C=C\NCC1CCO1. The third-order valence-corrected chi connectivity index (χ3v) is 1.35. The third-order valence-electron chi connectivity index (χ3n) is 1.35. The number of hydrogen-bond acceptors (Lipinski definition) is 3. The molecular formula is C6H12N2O. The molecule has 1 aliphatic rings. The van der Waals surface area contributed by atoms with Gasteiger partial charge in [-0.1, -0.05) is 0 Å². The fourth-order valence-corrected chi connectivity index (χ4v) is 0.713. The van der Waals surface area contributed by atoms with Crippen molar-refractivity contribution >= 4 is 0 Å². The van der Waals surface area contributed by atoms with E-state index in [2.05, 4.69) is 5.32 Å². The van der Waals surface area contributed by atoms with Crippen molar-refractivity contribution in [3.8, 4) is 0 Å². The van der Waals surface area contributed by atoms with E-state index in [1.165, 1.54) is 12.6 Å². The third kappa shape index (κ3) is 1.93. The summed E-state index contributed by atoms with van der Waals surface area (Å²) in [6, 6.07) is 0. The second-order valence-corrected chi connectivity index (χ2v) is 2.05. The first-order valence-corrected chi connectivity index (χ1v) is 3.15. The highest BCUT2D eigenvalue weighted by Gasteiger charge is 2.16. The second-order valence-electron chi connectivity index (χ2n) is 2.05. The van der Waals surface area contributed by atoms with Crippen molar-refractivity contribution in [2.75, 3.05) is 13.2 Å². The van der Waals surface area contributed by atoms with Crippen LogP contribution < -0.4 is 11.1 Å². The maximum atomic E-state index is 5.14. The van der Waals surface area contributed by atoms with Crippen molar-refractivity contribution in [3.63, 3.8) is 0 Å². The number of hydrogen-bond donors (Lipinski definition) is 2. The molecule has 0 aromatic heterocycles. The van der Waals surface area contributed by atoms with Gasteiger partial charge in [0.25, 0.3) is 0 Å². The summed E-state index contributed by atoms with van der Waals surface area (Å²) in [6.45, 7) is 1.80. The molecule has 0 amide bonds. The van der Waals surface area contributed by atoms with Crippen molar-refractivity contribution in [2.45, 2.75) is 12.5 Å². The molecule has 1 unspecified atom stereocenters. The lowest BCUT2D eigenvalue weighted by molar-refractivity contribution is -0.0466. The van der Waals surface area contributed by atoms with Gasteiger partial charge < -0.3 is 15.8 Å². The quantitative estimate of drug-likeness (QED) is 0.553. The predicted molar refractivity (Wildman–Crippen MR) is 35.7 cm³/mol. The van der Waals surface area contributed by atoms with Gasteiger partial charge in [0, 0.05) is 25.6 Å². The Bertz CT molecular complexity index is 99.2. The zero-order valence-electron chi connectivity index (χ0n) is 5.34. The Kier molecular flexibility index (Phi) is 2.39. The molecule has 0 aromatic rings. The van der Waals surface area contributed by atoms with E-state index >= 15 is 0 Å². The normalized spacial score (nSPS) is 26.0. The predicted octanol–water partition coefficient (Wildman–Crippen LogP) is -0.205. The van der Waals surface area contributed by atoms with E-state index in [0.717, 1.165) is 13.2 Å². The van der Waals surface area contributed by atoms with E-state index in [0.29, 0.717) is 6.10 Å². The summed E-state index contributed by atoms with van der Waals surface area (Å²) in [4.78, 5) is 0. The highest BCUT2D eigenvalue weighted by molar-refractivity contribution is 4.77. The molecule has 3 N–H and O–H groups in total. The minimum atomic E-state index is 0.418. The van der Waals surface area contributed by atoms with E-state index in [-0.39, 0.29) is 0 Å². The fraction of sp³-hybridized carbons (Fsp3) is 0.667. The first-order chi connectivity index (χ1) is 4.43. The first-order valence-electron chi connectivity index (χ1n) is 3.15. The molecule has 1 rings (SSSR count). The van der Waals surface area contributed by atoms with Crippen molar-refractivity contribution in [1.82, 2.24) is 5.32 Å². The second kappa shape index (κ2) is 3.35. The summed E-state index contributed by atoms with van der Waals surface area (Å²) in [5.41, 5.74) is 5.09. The van der Waals surface area contributed by atoms with Gasteiger partial charge in [0.15, 0.2) is 0 Å². The standard InChI is InChI=1S/C6H12N2O/c7-2-3-8-5-6-1-4-9-6/h2-3,6,8H,1,4-5,7H2/b3-2-. The lowest BCUT2D eigenvalue weighted by Crippen LogP contribution is -2.35. The van der Waals surface area contributed by atoms with E-state index in [9.17, 15) is 0 Å². The van der Waals surface area contributed by atoms with Crippen molar-refractivity contribution in [1.29, 1.82) is 0 Å². The molecule has 0 saturated carbocycles. The number of ether oxygens (including phenoxy) is 1. The molecule has 52 valence electrons. The average Bonchev–Trinajstić information content (AvgIpc) is 1.76. The Morgan fingerprint density at radius 1 is 1.78 bits per heavy atom. The minimum Gasteiger partial charge on any atom is -0.403 e. The topological polar surface area (TPSA) is 47.3 Å². The average molecular weight is 128 g/mol. The number of nitrogens with two attached hydrogens (primary N) is 1. The molecule has 1 aliphatic heterocycles. The number of nitrogens with one attached hydrogen (secondary N) is 1. The van der Waals surface area contributed by atoms with Gasteiger partial charge in [-0.15, -0.1) is 0 Å². The van der Waals surface area contributed by atoms with Crippen LogP contribution >= 0.6 is 0 Å². The number of rotatable bonds is 3. The van der Waals surface area contributed by atoms with Gasteiger partial charge in [-0.2, -0.15) is 0 Å². The van der Waals surface area contributed by atoms with Crippen LogP contribution in [-0.4, -0.2) is 19.3 Å². The largest absolute Gasteiger partial charge is 0.403 e. The monoisotopic (exact) mass is 128 g/mol. The molecule has 0 aliphatic carbocycles. The molecule has 3 heteroatoms. The molecule has 1 atom stereocenters. The van der Waals surface area contributed by atoms with Gasteiger partial charge in [-0.05, 0) is 6.42 Å². The molecule has 9 heavy (non-hydrogen) atoms. The summed E-state index contributed by atoms with van der Waals surface area (Å²) >= 11 is 0. The van der Waals surface area contributed by atoms with E-state index in [1.54, 1.807) is 6.20 Å². The summed E-state index contributed by atoms with van der Waals surface area (Å²) < 4.78 is 5.14. The van der Waals surface area contributed by atoms with Gasteiger partial charge in [0.05, 0.1) is 6.10 Å². The van der Waals surface area contributed by atoms with Crippen LogP contribution in [0.5, 0.6) is 0 Å². The molecule has 0 radical (unpaired) electrons. The highest BCUT2D eigenvalue weighted by atomic mass is 16.5. The maximum absolute atomic E-state index is 5.14. The Morgan fingerprint density at radius 2 is 2.56 bits per heavy atom. The van der Waals surface area contributed by atoms with Crippen LogP contribution in [0.15, 0.2) is 12.4 Å². The molecule has 1 heterocycles. The van der Waals surface area contributed by atoms with Gasteiger partial charge in [0.2, 0.25) is 0 Å². The summed E-state index contributed by atoms with van der Waals surface area (Å²) in [5, 5.41) is 3.01. The zero-order valence-corrected chi connectivity index (χ0v) is 5.34. The van der Waals surface area contributed by atoms with Gasteiger partial charge in [-0.25, -0.2) is 0 Å². The van der Waals surface area contributed by atoms with Crippen molar-refractivity contribution in [2.24, 2.45) is 5.73 Å². The summed E-state index contributed by atoms with van der Waals surface area (Å²) in [7, 11) is 0. The van der Waals surface area contributed by atoms with Gasteiger partial charge in [0.1, 0.15) is 0 Å². The van der Waals surface area contributed by atoms with E-state index < -0.39 is 0 Å². The molecule has 1 saturated heterocycles. The first kappa shape index (κ1) is 6.42. The Morgan fingerprint density at radius 3 is 3.00 bits per heavy atom. The molecule has 0 bridgehead atoms. The molecular weight excluding hydrogens is 116 g/mol. The summed E-state index contributed by atoms with van der Waals surface area (Å²) in [6.07, 6.45) is 4.80. The zero-order chi connectivity index (χ0) is 6.53. The molecule has 1 fully saturated rings. The van der Waals surface area contributed by atoms with E-state index in [4.69, 9.17) is 10.5 Å². The van der Waals surface area contributed by atoms with Crippen LogP contribution in [0.25, 0.3) is 0 Å². The minimum absolute atomic E-state index is 0.418. The molecule has 0 aromatic carbocycles. The van der Waals surface area contributed by atoms with Crippen molar-refractivity contribution < 1.29 is 4.74 Å². The lowest BCUT2D eigenvalue weighted by Gasteiger charge is -2.25. The Hall–Kier alpha value is -0.700. The van der Waals surface area contributed by atoms with Crippen LogP contribution in [0, 0.1) is 0 Å². The Labute approximate surface area is 54.9 Å². The van der Waals surface area contributed by atoms with Gasteiger partial charge in [-0.3, -0.25) is 0 Å². The van der Waals surface area contributed by atoms with Gasteiger partial charge >= 0.3 is 0 Å². The van der Waals surface area contributed by atoms with E-state index in [1.807, 2.05) is 0 Å².